The first kappa shape index (κ1) is 17.6. The van der Waals surface area contributed by atoms with Crippen molar-refractivity contribution in [1.29, 1.82) is 0 Å². The van der Waals surface area contributed by atoms with Crippen LogP contribution >= 0.6 is 0 Å². The van der Waals surface area contributed by atoms with Gasteiger partial charge in [0, 0.05) is 44.1 Å². The fraction of sp³-hybridized carbons (Fsp3) is 0.600. The second kappa shape index (κ2) is 8.75. The lowest BCUT2D eigenvalue weighted by molar-refractivity contribution is -0.0625. The van der Waals surface area contributed by atoms with Gasteiger partial charge in [-0.15, -0.1) is 0 Å². The zero-order valence-electron chi connectivity index (χ0n) is 15.2. The molecule has 0 unspecified atom stereocenters. The lowest BCUT2D eigenvalue weighted by atomic mass is 10.1. The maximum Gasteiger partial charge on any atom is 0.0966 e. The van der Waals surface area contributed by atoms with Gasteiger partial charge in [-0.25, -0.2) is 0 Å². The van der Waals surface area contributed by atoms with E-state index in [4.69, 9.17) is 14.2 Å². The molecule has 4 rings (SSSR count). The molecule has 0 saturated carbocycles. The Morgan fingerprint density at radius 2 is 1.73 bits per heavy atom. The van der Waals surface area contributed by atoms with E-state index in [9.17, 15) is 0 Å². The minimum absolute atomic E-state index is 0.320. The summed E-state index contributed by atoms with van der Waals surface area (Å²) in [6, 6.07) is 4.02. The van der Waals surface area contributed by atoms with Crippen LogP contribution in [0.3, 0.4) is 0 Å². The average molecular weight is 357 g/mol. The summed E-state index contributed by atoms with van der Waals surface area (Å²) in [5.74, 6) is 0. The molecule has 140 valence electrons. The highest BCUT2D eigenvalue weighted by atomic mass is 16.5. The topological polar surface area (TPSA) is 56.7 Å². The summed E-state index contributed by atoms with van der Waals surface area (Å²) in [5, 5.41) is 1.09. The van der Waals surface area contributed by atoms with Crippen LogP contribution in [0.4, 0.5) is 5.69 Å². The fourth-order valence-electron chi connectivity index (χ4n) is 3.75. The number of pyridine rings is 2. The normalized spacial score (nSPS) is 19.9. The van der Waals surface area contributed by atoms with Gasteiger partial charge in [-0.3, -0.25) is 9.97 Å². The van der Waals surface area contributed by atoms with E-state index in [0.29, 0.717) is 25.4 Å². The van der Waals surface area contributed by atoms with Gasteiger partial charge in [-0.05, 0) is 37.8 Å². The van der Waals surface area contributed by atoms with Crippen molar-refractivity contribution >= 4 is 16.6 Å². The third-order valence-corrected chi connectivity index (χ3v) is 5.23. The van der Waals surface area contributed by atoms with E-state index in [0.717, 1.165) is 68.6 Å². The molecular formula is C20H27N3O3. The Labute approximate surface area is 154 Å². The number of rotatable bonds is 6. The number of nitrogens with zero attached hydrogens (tertiary/aromatic N) is 3. The molecule has 2 aromatic heterocycles. The Balaban J connectivity index is 1.22. The van der Waals surface area contributed by atoms with Crippen molar-refractivity contribution in [2.75, 3.05) is 44.4 Å². The van der Waals surface area contributed by atoms with Crippen LogP contribution in [0.5, 0.6) is 0 Å². The van der Waals surface area contributed by atoms with Crippen molar-refractivity contribution in [3.05, 3.63) is 30.7 Å². The molecule has 4 heterocycles. The highest BCUT2D eigenvalue weighted by Gasteiger charge is 2.22. The number of piperidine rings is 1. The number of anilines is 1. The Hall–Kier alpha value is -1.76. The molecule has 2 saturated heterocycles. The van der Waals surface area contributed by atoms with Crippen molar-refractivity contribution in [3.8, 4) is 0 Å². The van der Waals surface area contributed by atoms with Crippen LogP contribution in [0.1, 0.15) is 25.7 Å². The van der Waals surface area contributed by atoms with Crippen LogP contribution < -0.4 is 4.90 Å². The van der Waals surface area contributed by atoms with Gasteiger partial charge in [0.15, 0.2) is 0 Å². The molecule has 2 fully saturated rings. The van der Waals surface area contributed by atoms with Gasteiger partial charge in [-0.1, -0.05) is 0 Å². The van der Waals surface area contributed by atoms with Crippen molar-refractivity contribution in [2.45, 2.75) is 37.9 Å². The van der Waals surface area contributed by atoms with E-state index in [1.807, 2.05) is 24.7 Å². The van der Waals surface area contributed by atoms with Crippen molar-refractivity contribution in [3.63, 3.8) is 0 Å². The lowest BCUT2D eigenvalue weighted by Crippen LogP contribution is -2.37. The maximum atomic E-state index is 6.03. The zero-order valence-corrected chi connectivity index (χ0v) is 15.2. The number of ether oxygens (including phenoxy) is 3. The van der Waals surface area contributed by atoms with E-state index in [1.165, 1.54) is 0 Å². The molecule has 0 aliphatic carbocycles. The van der Waals surface area contributed by atoms with E-state index in [1.54, 1.807) is 0 Å². The second-order valence-corrected chi connectivity index (χ2v) is 6.97. The molecule has 2 aliphatic rings. The summed E-state index contributed by atoms with van der Waals surface area (Å²) in [7, 11) is 0. The number of hydrogen-bond acceptors (Lipinski definition) is 6. The van der Waals surface area contributed by atoms with Crippen LogP contribution in [0, 0.1) is 0 Å². The Morgan fingerprint density at radius 1 is 1.00 bits per heavy atom. The van der Waals surface area contributed by atoms with Crippen molar-refractivity contribution in [2.24, 2.45) is 0 Å². The highest BCUT2D eigenvalue weighted by Crippen LogP contribution is 2.27. The molecule has 26 heavy (non-hydrogen) atoms. The largest absolute Gasteiger partial charge is 0.381 e. The standard InChI is InChI=1S/C20H27N3O3/c1-2-16-14-21-15-19(20(16)22-7-1)23-8-3-17(4-9-23)25-12-13-26-18-5-10-24-11-6-18/h1-2,7,14-15,17-18H,3-6,8-13H2. The first-order valence-corrected chi connectivity index (χ1v) is 9.65. The molecule has 0 N–H and O–H groups in total. The highest BCUT2D eigenvalue weighted by molar-refractivity contribution is 5.89. The van der Waals surface area contributed by atoms with Gasteiger partial charge < -0.3 is 19.1 Å². The molecule has 0 bridgehead atoms. The second-order valence-electron chi connectivity index (χ2n) is 6.97. The van der Waals surface area contributed by atoms with Crippen LogP contribution in [0.25, 0.3) is 10.9 Å². The first-order chi connectivity index (χ1) is 12.9. The Morgan fingerprint density at radius 3 is 2.50 bits per heavy atom. The van der Waals surface area contributed by atoms with Crippen LogP contribution in [-0.4, -0.2) is 61.7 Å². The number of fused-ring (bicyclic) bond motifs is 1. The quantitative estimate of drug-likeness (QED) is 0.741. The average Bonchev–Trinajstić information content (AvgIpc) is 2.72. The predicted molar refractivity (Wildman–Crippen MR) is 101 cm³/mol. The van der Waals surface area contributed by atoms with Crippen LogP contribution in [0.15, 0.2) is 30.7 Å². The maximum absolute atomic E-state index is 6.03. The Kier molecular flexibility index (Phi) is 5.94. The molecular weight excluding hydrogens is 330 g/mol. The van der Waals surface area contributed by atoms with Gasteiger partial charge in [0.25, 0.3) is 0 Å². The summed E-state index contributed by atoms with van der Waals surface area (Å²) in [4.78, 5) is 11.3. The molecule has 2 aliphatic heterocycles. The van der Waals surface area contributed by atoms with E-state index in [2.05, 4.69) is 20.9 Å². The number of aromatic nitrogens is 2. The third kappa shape index (κ3) is 4.31. The minimum atomic E-state index is 0.320. The monoisotopic (exact) mass is 357 g/mol. The molecule has 0 amide bonds. The van der Waals surface area contributed by atoms with Crippen molar-refractivity contribution in [1.82, 2.24) is 9.97 Å². The third-order valence-electron chi connectivity index (χ3n) is 5.23. The molecule has 0 radical (unpaired) electrons. The van der Waals surface area contributed by atoms with Gasteiger partial charge in [0.2, 0.25) is 0 Å². The summed E-state index contributed by atoms with van der Waals surface area (Å²) in [6.07, 6.45) is 10.4. The molecule has 6 nitrogen and oxygen atoms in total. The van der Waals surface area contributed by atoms with Crippen LogP contribution in [0.2, 0.25) is 0 Å². The van der Waals surface area contributed by atoms with E-state index >= 15 is 0 Å². The van der Waals surface area contributed by atoms with Gasteiger partial charge >= 0.3 is 0 Å². The molecule has 0 spiro atoms. The van der Waals surface area contributed by atoms with Gasteiger partial charge in [0.05, 0.1) is 42.8 Å². The van der Waals surface area contributed by atoms with Gasteiger partial charge in [0.1, 0.15) is 0 Å². The summed E-state index contributed by atoms with van der Waals surface area (Å²) >= 11 is 0. The molecule has 2 aromatic rings. The fourth-order valence-corrected chi connectivity index (χ4v) is 3.75. The number of hydrogen-bond donors (Lipinski definition) is 0. The lowest BCUT2D eigenvalue weighted by Gasteiger charge is -2.33. The zero-order chi connectivity index (χ0) is 17.6. The summed E-state index contributed by atoms with van der Waals surface area (Å²) < 4.78 is 17.3. The van der Waals surface area contributed by atoms with Crippen LogP contribution in [-0.2, 0) is 14.2 Å². The van der Waals surface area contributed by atoms with E-state index < -0.39 is 0 Å². The smallest absolute Gasteiger partial charge is 0.0966 e. The van der Waals surface area contributed by atoms with Crippen molar-refractivity contribution < 1.29 is 14.2 Å². The molecule has 0 atom stereocenters. The molecule has 6 heteroatoms. The first-order valence-electron chi connectivity index (χ1n) is 9.65. The van der Waals surface area contributed by atoms with E-state index in [-0.39, 0.29) is 0 Å². The predicted octanol–water partition coefficient (Wildman–Crippen LogP) is 2.81. The molecule has 0 aromatic carbocycles. The van der Waals surface area contributed by atoms with Gasteiger partial charge in [-0.2, -0.15) is 0 Å². The summed E-state index contributed by atoms with van der Waals surface area (Å²) in [5.41, 5.74) is 2.16. The SMILES string of the molecule is c1cnc2c(N3CCC(OCCOC4CCOCC4)CC3)cncc2c1. The Bertz CT molecular complexity index is 692. The summed E-state index contributed by atoms with van der Waals surface area (Å²) in [6.45, 7) is 4.96. The minimum Gasteiger partial charge on any atom is -0.381 e.